The second-order valence-electron chi connectivity index (χ2n) is 7.74. The quantitative estimate of drug-likeness (QED) is 0.530. The maximum atomic E-state index is 12.9. The van der Waals surface area contributed by atoms with Gasteiger partial charge in [0.15, 0.2) is 17.3 Å². The van der Waals surface area contributed by atoms with Crippen LogP contribution in [0.3, 0.4) is 0 Å². The first kappa shape index (κ1) is 21.1. The maximum absolute atomic E-state index is 12.9. The highest BCUT2D eigenvalue weighted by Crippen LogP contribution is 2.38. The fraction of sp³-hybridized carbons (Fsp3) is 0.375. The van der Waals surface area contributed by atoms with Crippen LogP contribution in [-0.4, -0.2) is 48.0 Å². The first-order valence-corrected chi connectivity index (χ1v) is 10.4. The molecule has 7 heteroatoms. The molecular weight excluding hydrogens is 394 g/mol. The van der Waals surface area contributed by atoms with Crippen LogP contribution in [0.1, 0.15) is 34.7 Å². The lowest BCUT2D eigenvalue weighted by atomic mass is 9.90. The third-order valence-electron chi connectivity index (χ3n) is 5.72. The molecular formula is C24H27N3O4. The van der Waals surface area contributed by atoms with Crippen LogP contribution in [0.15, 0.2) is 47.1 Å². The molecule has 0 radical (unpaired) electrons. The SMILES string of the molecule is COc1cccc(-c2nc(CN3CCC[C@@H](C(=O)c4cccnc4)C3)c(C)o2)c1OC. The Balaban J connectivity index is 1.51. The van der Waals surface area contributed by atoms with Crippen molar-refractivity contribution in [3.05, 3.63) is 59.7 Å². The van der Waals surface area contributed by atoms with Crippen LogP contribution in [-0.2, 0) is 6.54 Å². The van der Waals surface area contributed by atoms with Gasteiger partial charge in [0.25, 0.3) is 0 Å². The number of methoxy groups -OCH3 is 2. The lowest BCUT2D eigenvalue weighted by Gasteiger charge is -2.31. The van der Waals surface area contributed by atoms with Crippen molar-refractivity contribution in [3.8, 4) is 23.0 Å². The monoisotopic (exact) mass is 421 g/mol. The van der Waals surface area contributed by atoms with Gasteiger partial charge in [0, 0.05) is 37.0 Å². The number of hydrogen-bond acceptors (Lipinski definition) is 7. The van der Waals surface area contributed by atoms with Gasteiger partial charge in [-0.15, -0.1) is 0 Å². The van der Waals surface area contributed by atoms with Crippen molar-refractivity contribution >= 4 is 5.78 Å². The zero-order valence-corrected chi connectivity index (χ0v) is 18.1. The molecule has 0 spiro atoms. The minimum atomic E-state index is -0.0249. The zero-order valence-electron chi connectivity index (χ0n) is 18.1. The number of ether oxygens (including phenoxy) is 2. The number of Topliss-reactive ketones (excluding diaryl/α,β-unsaturated/α-hetero) is 1. The molecule has 0 aliphatic carbocycles. The fourth-order valence-electron chi connectivity index (χ4n) is 4.11. The Hall–Kier alpha value is -3.19. The van der Waals surface area contributed by atoms with E-state index in [1.165, 1.54) is 0 Å². The summed E-state index contributed by atoms with van der Waals surface area (Å²) >= 11 is 0. The summed E-state index contributed by atoms with van der Waals surface area (Å²) in [6, 6.07) is 9.27. The van der Waals surface area contributed by atoms with E-state index < -0.39 is 0 Å². The largest absolute Gasteiger partial charge is 0.493 e. The summed E-state index contributed by atoms with van der Waals surface area (Å²) < 4.78 is 16.9. The molecule has 31 heavy (non-hydrogen) atoms. The number of aryl methyl sites for hydroxylation is 1. The molecule has 3 aromatic rings. The minimum absolute atomic E-state index is 0.0249. The molecule has 2 aromatic heterocycles. The number of likely N-dealkylation sites (tertiary alicyclic amines) is 1. The fourth-order valence-corrected chi connectivity index (χ4v) is 4.11. The highest BCUT2D eigenvalue weighted by atomic mass is 16.5. The van der Waals surface area contributed by atoms with Gasteiger partial charge in [-0.05, 0) is 50.6 Å². The van der Waals surface area contributed by atoms with E-state index in [2.05, 4.69) is 9.88 Å². The van der Waals surface area contributed by atoms with Crippen molar-refractivity contribution in [3.63, 3.8) is 0 Å². The first-order chi connectivity index (χ1) is 15.1. The predicted molar refractivity (Wildman–Crippen MR) is 116 cm³/mol. The molecule has 0 bridgehead atoms. The normalized spacial score (nSPS) is 16.8. The Bertz CT molecular complexity index is 1050. The Morgan fingerprint density at radius 3 is 2.84 bits per heavy atom. The number of rotatable bonds is 7. The van der Waals surface area contributed by atoms with Gasteiger partial charge in [0.05, 0.1) is 25.5 Å². The molecule has 1 fully saturated rings. The summed E-state index contributed by atoms with van der Waals surface area (Å²) in [7, 11) is 3.21. The Labute approximate surface area is 182 Å². The van der Waals surface area contributed by atoms with Crippen molar-refractivity contribution in [2.75, 3.05) is 27.3 Å². The number of carbonyl (C=O) groups is 1. The highest BCUT2D eigenvalue weighted by molar-refractivity contribution is 5.97. The van der Waals surface area contributed by atoms with Gasteiger partial charge in [-0.2, -0.15) is 0 Å². The topological polar surface area (TPSA) is 77.7 Å². The summed E-state index contributed by atoms with van der Waals surface area (Å²) in [4.78, 5) is 24.0. The Morgan fingerprint density at radius 1 is 1.23 bits per heavy atom. The average molecular weight is 421 g/mol. The molecule has 162 valence electrons. The first-order valence-electron chi connectivity index (χ1n) is 10.4. The van der Waals surface area contributed by atoms with Crippen LogP contribution in [0.4, 0.5) is 0 Å². The molecule has 0 saturated carbocycles. The van der Waals surface area contributed by atoms with Crippen LogP contribution in [0.25, 0.3) is 11.5 Å². The minimum Gasteiger partial charge on any atom is -0.493 e. The van der Waals surface area contributed by atoms with E-state index in [-0.39, 0.29) is 11.7 Å². The van der Waals surface area contributed by atoms with Crippen molar-refractivity contribution in [1.82, 2.24) is 14.9 Å². The Kier molecular flexibility index (Phi) is 6.32. The molecule has 4 rings (SSSR count). The van der Waals surface area contributed by atoms with Crippen LogP contribution >= 0.6 is 0 Å². The van der Waals surface area contributed by atoms with Gasteiger partial charge in [-0.3, -0.25) is 14.7 Å². The van der Waals surface area contributed by atoms with Gasteiger partial charge in [-0.25, -0.2) is 4.98 Å². The van der Waals surface area contributed by atoms with Gasteiger partial charge in [0.2, 0.25) is 5.89 Å². The molecule has 1 atom stereocenters. The summed E-state index contributed by atoms with van der Waals surface area (Å²) in [5.74, 6) is 2.63. The van der Waals surface area contributed by atoms with E-state index in [1.54, 1.807) is 32.7 Å². The van der Waals surface area contributed by atoms with Crippen LogP contribution < -0.4 is 9.47 Å². The maximum Gasteiger partial charge on any atom is 0.230 e. The number of carbonyl (C=O) groups excluding carboxylic acids is 1. The predicted octanol–water partition coefficient (Wildman–Crippen LogP) is 4.16. The number of aromatic nitrogens is 2. The van der Waals surface area contributed by atoms with Gasteiger partial charge in [-0.1, -0.05) is 6.07 Å². The zero-order chi connectivity index (χ0) is 21.8. The Morgan fingerprint density at radius 2 is 2.10 bits per heavy atom. The molecule has 0 unspecified atom stereocenters. The lowest BCUT2D eigenvalue weighted by molar-refractivity contribution is 0.0809. The molecule has 0 amide bonds. The summed E-state index contributed by atoms with van der Waals surface area (Å²) in [5, 5.41) is 0. The smallest absolute Gasteiger partial charge is 0.230 e. The molecule has 0 N–H and O–H groups in total. The number of oxazole rings is 1. The van der Waals surface area contributed by atoms with Crippen LogP contribution in [0, 0.1) is 12.8 Å². The van der Waals surface area contributed by atoms with Crippen molar-refractivity contribution in [1.29, 1.82) is 0 Å². The number of para-hydroxylation sites is 1. The van der Waals surface area contributed by atoms with E-state index in [1.807, 2.05) is 31.2 Å². The van der Waals surface area contributed by atoms with Crippen molar-refractivity contribution in [2.45, 2.75) is 26.3 Å². The van der Waals surface area contributed by atoms with E-state index in [9.17, 15) is 4.79 Å². The lowest BCUT2D eigenvalue weighted by Crippen LogP contribution is -2.38. The van der Waals surface area contributed by atoms with Crippen LogP contribution in [0.5, 0.6) is 11.5 Å². The van der Waals surface area contributed by atoms with E-state index in [0.717, 1.165) is 36.4 Å². The second-order valence-corrected chi connectivity index (χ2v) is 7.74. The van der Waals surface area contributed by atoms with Gasteiger partial charge < -0.3 is 13.9 Å². The number of benzene rings is 1. The summed E-state index contributed by atoms with van der Waals surface area (Å²) in [5.41, 5.74) is 2.30. The van der Waals surface area contributed by atoms with Crippen LogP contribution in [0.2, 0.25) is 0 Å². The summed E-state index contributed by atoms with van der Waals surface area (Å²) in [6.45, 7) is 4.19. The third kappa shape index (κ3) is 4.46. The van der Waals surface area contributed by atoms with Crippen molar-refractivity contribution in [2.24, 2.45) is 5.92 Å². The number of ketones is 1. The number of hydrogen-bond donors (Lipinski definition) is 0. The van der Waals surface area contributed by atoms with Gasteiger partial charge in [0.1, 0.15) is 5.76 Å². The average Bonchev–Trinajstić information content (AvgIpc) is 3.18. The van der Waals surface area contributed by atoms with E-state index in [4.69, 9.17) is 18.9 Å². The van der Waals surface area contributed by atoms with Gasteiger partial charge >= 0.3 is 0 Å². The molecule has 1 aliphatic heterocycles. The molecule has 3 heterocycles. The number of pyridine rings is 1. The second kappa shape index (κ2) is 9.31. The highest BCUT2D eigenvalue weighted by Gasteiger charge is 2.28. The van der Waals surface area contributed by atoms with E-state index in [0.29, 0.717) is 36.0 Å². The summed E-state index contributed by atoms with van der Waals surface area (Å²) in [6.07, 6.45) is 5.21. The molecule has 1 aliphatic rings. The third-order valence-corrected chi connectivity index (χ3v) is 5.72. The molecule has 1 aromatic carbocycles. The van der Waals surface area contributed by atoms with E-state index >= 15 is 0 Å². The number of piperidine rings is 1. The van der Waals surface area contributed by atoms with Crippen molar-refractivity contribution < 1.29 is 18.7 Å². The molecule has 7 nitrogen and oxygen atoms in total. The standard InChI is InChI=1S/C24H27N3O4/c1-16-20(26-24(31-16)19-9-4-10-21(29-2)23(19)30-3)15-27-12-6-8-18(14-27)22(28)17-7-5-11-25-13-17/h4-5,7,9-11,13,18H,6,8,12,14-15H2,1-3H3/t18-/m1/s1. The molecule has 1 saturated heterocycles. The number of nitrogens with zero attached hydrogens (tertiary/aromatic N) is 3.